The first-order chi connectivity index (χ1) is 8.56. The molecule has 0 aromatic heterocycles. The van der Waals surface area contributed by atoms with Crippen molar-refractivity contribution >= 4 is 39.2 Å². The van der Waals surface area contributed by atoms with Crippen molar-refractivity contribution < 1.29 is 0 Å². The second-order valence-corrected chi connectivity index (χ2v) is 14.2. The Kier molecular flexibility index (Phi) is 13.4. The Balaban J connectivity index is 3.13. The van der Waals surface area contributed by atoms with Crippen LogP contribution in [0.5, 0.6) is 0 Å². The highest BCUT2D eigenvalue weighted by atomic mass is 35.8. The first-order valence-electron chi connectivity index (χ1n) is 7.28. The Labute approximate surface area is 128 Å². The number of unbranched alkanes of at least 4 members (excludes halogenated alkanes) is 8. The molecule has 0 amide bonds. The highest BCUT2D eigenvalue weighted by molar-refractivity contribution is 7.64. The van der Waals surface area contributed by atoms with Crippen LogP contribution < -0.4 is 0 Å². The molecule has 0 radical (unpaired) electrons. The Morgan fingerprint density at radius 1 is 0.722 bits per heavy atom. The van der Waals surface area contributed by atoms with Gasteiger partial charge < -0.3 is 0 Å². The van der Waals surface area contributed by atoms with Crippen LogP contribution in [0.4, 0.5) is 0 Å². The van der Waals surface area contributed by atoms with Crippen LogP contribution in [0.25, 0.3) is 0 Å². The molecule has 0 aliphatic heterocycles. The summed E-state index contributed by atoms with van der Waals surface area (Å²) in [5.74, 6) is 0. The van der Waals surface area contributed by atoms with E-state index in [4.69, 9.17) is 33.2 Å². The van der Waals surface area contributed by atoms with E-state index in [0.29, 0.717) is 0 Å². The average molecular weight is 330 g/mol. The molecule has 0 aliphatic carbocycles. The summed E-state index contributed by atoms with van der Waals surface area (Å²) in [5.41, 5.74) is 0. The van der Waals surface area contributed by atoms with E-state index in [1.165, 1.54) is 57.8 Å². The van der Waals surface area contributed by atoms with Gasteiger partial charge in [-0.2, -0.15) is 0 Å². The molecule has 0 atom stereocenters. The SMILES string of the molecule is CCCCCCCCCCC=CCC[Si](Cl)(Cl)Cl. The lowest BCUT2D eigenvalue weighted by atomic mass is 10.1. The van der Waals surface area contributed by atoms with Gasteiger partial charge in [-0.3, -0.25) is 0 Å². The van der Waals surface area contributed by atoms with Crippen LogP contribution in [0, 0.1) is 0 Å². The molecule has 0 saturated heterocycles. The van der Waals surface area contributed by atoms with Crippen molar-refractivity contribution in [3.05, 3.63) is 12.2 Å². The standard InChI is InChI=1S/C14H27Cl3Si/c1-2-3-4-5-6-7-8-9-10-11-12-13-14-18(15,16)17/h11-12H,2-10,13-14H2,1H3. The molecular weight excluding hydrogens is 303 g/mol. The summed E-state index contributed by atoms with van der Waals surface area (Å²) < 4.78 is 0. The second kappa shape index (κ2) is 12.8. The molecule has 0 heterocycles. The van der Waals surface area contributed by atoms with Gasteiger partial charge in [-0.15, -0.1) is 33.2 Å². The molecule has 0 saturated carbocycles. The van der Waals surface area contributed by atoms with Crippen LogP contribution in [-0.4, -0.2) is 6.00 Å². The molecule has 0 spiro atoms. The molecule has 0 aliphatic rings. The van der Waals surface area contributed by atoms with Crippen molar-refractivity contribution in [2.45, 2.75) is 77.2 Å². The Hall–Kier alpha value is 0.827. The fourth-order valence-corrected chi connectivity index (χ4v) is 3.35. The van der Waals surface area contributed by atoms with Gasteiger partial charge in [-0.1, -0.05) is 64.0 Å². The minimum absolute atomic E-state index is 0.742. The van der Waals surface area contributed by atoms with E-state index < -0.39 is 6.00 Å². The maximum Gasteiger partial charge on any atom is 0.341 e. The van der Waals surface area contributed by atoms with Crippen molar-refractivity contribution in [1.29, 1.82) is 0 Å². The number of rotatable bonds is 12. The highest BCUT2D eigenvalue weighted by Crippen LogP contribution is 2.26. The van der Waals surface area contributed by atoms with E-state index in [1.54, 1.807) is 0 Å². The lowest BCUT2D eigenvalue weighted by molar-refractivity contribution is 0.577. The average Bonchev–Trinajstić information content (AvgIpc) is 2.29. The zero-order chi connectivity index (χ0) is 13.7. The van der Waals surface area contributed by atoms with Crippen LogP contribution in [-0.2, 0) is 0 Å². The third-order valence-electron chi connectivity index (χ3n) is 2.99. The number of hydrogen-bond acceptors (Lipinski definition) is 0. The molecule has 108 valence electrons. The van der Waals surface area contributed by atoms with Gasteiger partial charge in [0.2, 0.25) is 0 Å². The van der Waals surface area contributed by atoms with Gasteiger partial charge in [0.15, 0.2) is 0 Å². The fraction of sp³-hybridized carbons (Fsp3) is 0.857. The minimum Gasteiger partial charge on any atom is -0.126 e. The Morgan fingerprint density at radius 3 is 1.78 bits per heavy atom. The highest BCUT2D eigenvalue weighted by Gasteiger charge is 2.22. The van der Waals surface area contributed by atoms with E-state index in [9.17, 15) is 0 Å². The van der Waals surface area contributed by atoms with Gasteiger partial charge in [0.25, 0.3) is 0 Å². The lowest BCUT2D eigenvalue weighted by Crippen LogP contribution is -2.06. The summed E-state index contributed by atoms with van der Waals surface area (Å²) in [5, 5.41) is 0. The van der Waals surface area contributed by atoms with E-state index in [1.807, 2.05) is 0 Å². The monoisotopic (exact) mass is 328 g/mol. The number of halogens is 3. The quantitative estimate of drug-likeness (QED) is 0.155. The van der Waals surface area contributed by atoms with E-state index in [2.05, 4.69) is 19.1 Å². The first kappa shape index (κ1) is 18.8. The largest absolute Gasteiger partial charge is 0.341 e. The fourth-order valence-electron chi connectivity index (χ4n) is 1.88. The van der Waals surface area contributed by atoms with Crippen molar-refractivity contribution in [3.63, 3.8) is 0 Å². The van der Waals surface area contributed by atoms with Gasteiger partial charge in [0.1, 0.15) is 0 Å². The molecule has 0 rings (SSSR count). The maximum atomic E-state index is 5.80. The van der Waals surface area contributed by atoms with Crippen LogP contribution in [0.3, 0.4) is 0 Å². The molecule has 0 nitrogen and oxygen atoms in total. The normalized spacial score (nSPS) is 12.4. The minimum atomic E-state index is -2.39. The van der Waals surface area contributed by atoms with Crippen LogP contribution in [0.15, 0.2) is 12.2 Å². The summed E-state index contributed by atoms with van der Waals surface area (Å²) in [7, 11) is 0. The third kappa shape index (κ3) is 16.8. The molecule has 18 heavy (non-hydrogen) atoms. The molecule has 0 aromatic rings. The predicted molar refractivity (Wildman–Crippen MR) is 89.1 cm³/mol. The molecule has 0 bridgehead atoms. The van der Waals surface area contributed by atoms with Crippen molar-refractivity contribution in [1.82, 2.24) is 0 Å². The second-order valence-electron chi connectivity index (χ2n) is 4.89. The zero-order valence-electron chi connectivity index (χ0n) is 11.6. The molecular formula is C14H27Cl3Si. The third-order valence-corrected chi connectivity index (χ3v) is 5.54. The summed E-state index contributed by atoms with van der Waals surface area (Å²) in [6, 6.07) is -1.65. The summed E-state index contributed by atoms with van der Waals surface area (Å²) in [4.78, 5) is 0. The zero-order valence-corrected chi connectivity index (χ0v) is 14.8. The van der Waals surface area contributed by atoms with Gasteiger partial charge in [-0.05, 0) is 25.3 Å². The predicted octanol–water partition coefficient (Wildman–Crippen LogP) is 7.12. The Morgan fingerprint density at radius 2 is 1.22 bits per heavy atom. The van der Waals surface area contributed by atoms with Gasteiger partial charge in [-0.25, -0.2) is 0 Å². The first-order valence-corrected chi connectivity index (χ1v) is 12.5. The molecule has 0 aromatic carbocycles. The summed E-state index contributed by atoms with van der Waals surface area (Å²) >= 11 is 17.4. The van der Waals surface area contributed by atoms with Gasteiger partial charge >= 0.3 is 6.00 Å². The van der Waals surface area contributed by atoms with Crippen molar-refractivity contribution in [3.8, 4) is 0 Å². The van der Waals surface area contributed by atoms with Crippen molar-refractivity contribution in [2.24, 2.45) is 0 Å². The van der Waals surface area contributed by atoms with Crippen LogP contribution in [0.2, 0.25) is 6.04 Å². The summed E-state index contributed by atoms with van der Waals surface area (Å²) in [6.45, 7) is 2.26. The molecule has 4 heteroatoms. The van der Waals surface area contributed by atoms with E-state index >= 15 is 0 Å². The van der Waals surface area contributed by atoms with Crippen LogP contribution >= 0.6 is 33.2 Å². The van der Waals surface area contributed by atoms with E-state index in [0.717, 1.165) is 12.5 Å². The smallest absolute Gasteiger partial charge is 0.126 e. The number of allylic oxidation sites excluding steroid dienone is 2. The van der Waals surface area contributed by atoms with E-state index in [-0.39, 0.29) is 0 Å². The molecule has 0 unspecified atom stereocenters. The lowest BCUT2D eigenvalue weighted by Gasteiger charge is -2.03. The summed E-state index contributed by atoms with van der Waals surface area (Å²) in [6.07, 6.45) is 17.5. The van der Waals surface area contributed by atoms with Crippen molar-refractivity contribution in [2.75, 3.05) is 0 Å². The topological polar surface area (TPSA) is 0 Å². The maximum absolute atomic E-state index is 5.80. The van der Waals surface area contributed by atoms with Crippen LogP contribution in [0.1, 0.15) is 71.1 Å². The number of hydrogen-bond donors (Lipinski definition) is 0. The van der Waals surface area contributed by atoms with Gasteiger partial charge in [0, 0.05) is 0 Å². The Bertz CT molecular complexity index is 200. The molecule has 0 fully saturated rings. The molecule has 0 N–H and O–H groups in total. The van der Waals surface area contributed by atoms with Gasteiger partial charge in [0.05, 0.1) is 0 Å².